The lowest BCUT2D eigenvalue weighted by atomic mass is 10.3. The molecule has 9 rings (SSSR count). The van der Waals surface area contributed by atoms with Gasteiger partial charge in [0.15, 0.2) is 28.9 Å². The van der Waals surface area contributed by atoms with E-state index in [0.29, 0.717) is 71.6 Å². The van der Waals surface area contributed by atoms with Crippen molar-refractivity contribution in [3.05, 3.63) is 129 Å². The maximum absolute atomic E-state index is 8.64. The Morgan fingerprint density at radius 3 is 1.39 bits per heavy atom. The van der Waals surface area contributed by atoms with Crippen molar-refractivity contribution in [2.75, 3.05) is 16.4 Å². The van der Waals surface area contributed by atoms with Gasteiger partial charge in [0.2, 0.25) is 17.5 Å². The number of nitrogens with one attached hydrogen (secondary N) is 2. The molecule has 0 bridgehead atoms. The number of anilines is 5. The first-order valence-corrected chi connectivity index (χ1v) is 19.5. The zero-order chi connectivity index (χ0) is 46.8. The molecule has 0 radical (unpaired) electrons. The summed E-state index contributed by atoms with van der Waals surface area (Å²) in [4.78, 5) is 47.6. The van der Waals surface area contributed by atoms with Gasteiger partial charge in [0, 0.05) is 18.6 Å². The summed E-state index contributed by atoms with van der Waals surface area (Å²) in [7, 11) is 0. The molecule has 30 heteroatoms. The van der Waals surface area contributed by atoms with Gasteiger partial charge in [0.25, 0.3) is 0 Å². The van der Waals surface area contributed by atoms with Gasteiger partial charge in [-0.2, -0.15) is 25.5 Å². The second-order valence-electron chi connectivity index (χ2n) is 11.6. The number of hydrogen-bond donors (Lipinski definition) is 5. The summed E-state index contributed by atoms with van der Waals surface area (Å²) in [6.07, 6.45) is 12.8. The average Bonchev–Trinajstić information content (AvgIpc) is 4.13. The molecule has 0 aliphatic heterocycles. The van der Waals surface area contributed by atoms with E-state index in [-0.39, 0.29) is 35.3 Å². The minimum absolute atomic E-state index is 0.0201. The molecule has 0 aliphatic rings. The molecule has 0 spiro atoms. The van der Waals surface area contributed by atoms with E-state index in [2.05, 4.69) is 112 Å². The van der Waals surface area contributed by atoms with E-state index in [4.69, 9.17) is 71.0 Å². The fourth-order valence-electron chi connectivity index (χ4n) is 4.24. The molecule has 9 heterocycles. The molecule has 0 atom stereocenters. The van der Waals surface area contributed by atoms with Crippen molar-refractivity contribution in [1.82, 2.24) is 75.3 Å². The van der Waals surface area contributed by atoms with Crippen molar-refractivity contribution in [3.8, 4) is 46.7 Å². The predicted octanol–water partition coefficient (Wildman–Crippen LogP) is 6.08. The molecule has 0 aliphatic carbocycles. The summed E-state index contributed by atoms with van der Waals surface area (Å²) in [5.41, 5.74) is 13.0. The second-order valence-corrected chi connectivity index (χ2v) is 13.8. The fourth-order valence-corrected chi connectivity index (χ4v) is 4.78. The molecule has 66 heavy (non-hydrogen) atoms. The summed E-state index contributed by atoms with van der Waals surface area (Å²) in [5, 5.41) is 46.6. The quantitative estimate of drug-likeness (QED) is 0.0498. The van der Waals surface area contributed by atoms with E-state index in [9.17, 15) is 0 Å². The minimum atomic E-state index is -0.141. The number of nitriles is 2. The number of nitrogens with zero attached hydrogens (tertiary/aromatic N) is 18. The van der Waals surface area contributed by atoms with E-state index in [1.54, 1.807) is 36.4 Å². The standard InChI is InChI=1S/C12H9ClN8O2.C12H6ClN7O.C7H5ClN4O.C5H2BrN3/c13-6-1-2-7(15-3-6)11-19-12(23-21-11)18-9-5-16-8(4-17-9)10(14)20-22;13-7-1-2-9(16-4-7)11-19-12(21-20-11)18-10-6-15-8(3-14)5-17-10;8-4-1-2-5(10-3-4)6-11-7(9)13-12-6;6-5-3-8-4(1-7)2-9-5/h1-5,22H,(H2,14,20)(H,17,18,19,21);1-2,4-6H,(H,17,18,19,20);1-3H,(H2,9,11,12);2-3H. The Morgan fingerprint density at radius 1 is 0.576 bits per heavy atom. The van der Waals surface area contributed by atoms with Gasteiger partial charge in [0.1, 0.15) is 39.5 Å². The van der Waals surface area contributed by atoms with Crippen LogP contribution in [0.3, 0.4) is 0 Å². The number of nitrogens with two attached hydrogens (primary N) is 2. The van der Waals surface area contributed by atoms with Crippen LogP contribution in [0.2, 0.25) is 15.1 Å². The molecule has 0 saturated heterocycles. The normalized spacial score (nSPS) is 10.4. The maximum atomic E-state index is 8.64. The zero-order valence-electron chi connectivity index (χ0n) is 32.5. The third-order valence-corrected chi connectivity index (χ3v) is 8.24. The second kappa shape index (κ2) is 23.0. The Balaban J connectivity index is 0.000000154. The Hall–Kier alpha value is -8.89. The Labute approximate surface area is 392 Å². The van der Waals surface area contributed by atoms with Crippen molar-refractivity contribution >= 4 is 86.2 Å². The molecular formula is C36H22BrCl3N22O4. The SMILES string of the molecule is N#Cc1cnc(Br)cn1.N#Cc1cnc(Nc2nc(-c3ccc(Cl)cn3)no2)cn1.N/C(=N\O)c1cnc(Nc2nc(-c3ccc(Cl)cn3)no2)cn1.Nc1nc(-c2ccc(Cl)cn2)no1. The predicted molar refractivity (Wildman–Crippen MR) is 234 cm³/mol. The summed E-state index contributed by atoms with van der Waals surface area (Å²) in [5.74, 6) is 1.56. The van der Waals surface area contributed by atoms with Crippen LogP contribution in [0.1, 0.15) is 17.1 Å². The Bertz CT molecular complexity index is 3070. The highest BCUT2D eigenvalue weighted by Crippen LogP contribution is 2.21. The number of halogens is 4. The number of pyridine rings is 3. The summed E-state index contributed by atoms with van der Waals surface area (Å²) in [6.45, 7) is 0. The first-order chi connectivity index (χ1) is 32.0. The van der Waals surface area contributed by atoms with E-state index in [1.807, 2.05) is 12.1 Å². The molecule has 0 saturated carbocycles. The molecule has 0 amide bonds. The molecule has 26 nitrogen and oxygen atoms in total. The number of hydrogen-bond acceptors (Lipinski definition) is 25. The average molecular weight is 1010 g/mol. The van der Waals surface area contributed by atoms with Crippen LogP contribution < -0.4 is 22.1 Å². The fraction of sp³-hybridized carbons (Fsp3) is 0. The highest BCUT2D eigenvalue weighted by Gasteiger charge is 2.13. The number of amidine groups is 1. The van der Waals surface area contributed by atoms with Crippen LogP contribution in [-0.2, 0) is 0 Å². The van der Waals surface area contributed by atoms with Crippen molar-refractivity contribution in [1.29, 1.82) is 10.5 Å². The van der Waals surface area contributed by atoms with Crippen LogP contribution in [0, 0.1) is 22.7 Å². The lowest BCUT2D eigenvalue weighted by Crippen LogP contribution is -2.15. The van der Waals surface area contributed by atoms with Gasteiger partial charge in [-0.3, -0.25) is 25.6 Å². The lowest BCUT2D eigenvalue weighted by molar-refractivity contribution is 0.318. The lowest BCUT2D eigenvalue weighted by Gasteiger charge is -2.00. The molecular weight excluding hydrogens is 991 g/mol. The van der Waals surface area contributed by atoms with E-state index in [0.717, 1.165) is 0 Å². The van der Waals surface area contributed by atoms with Crippen molar-refractivity contribution in [2.45, 2.75) is 0 Å². The van der Waals surface area contributed by atoms with E-state index in [1.165, 1.54) is 55.8 Å². The maximum Gasteiger partial charge on any atom is 0.327 e. The topological polar surface area (TPSA) is 389 Å². The van der Waals surface area contributed by atoms with E-state index >= 15 is 0 Å². The van der Waals surface area contributed by atoms with E-state index < -0.39 is 0 Å². The Morgan fingerprint density at radius 2 is 1.03 bits per heavy atom. The monoisotopic (exact) mass is 1010 g/mol. The van der Waals surface area contributed by atoms with Gasteiger partial charge >= 0.3 is 18.0 Å². The summed E-state index contributed by atoms with van der Waals surface area (Å²) in [6, 6.07) is 14.1. The van der Waals surface area contributed by atoms with Crippen LogP contribution in [0.5, 0.6) is 0 Å². The smallest absolute Gasteiger partial charge is 0.327 e. The van der Waals surface area contributed by atoms with Crippen LogP contribution in [0.25, 0.3) is 34.6 Å². The molecule has 0 aromatic carbocycles. The van der Waals surface area contributed by atoms with Crippen LogP contribution in [0.4, 0.5) is 29.7 Å². The van der Waals surface area contributed by atoms with Crippen molar-refractivity contribution < 1.29 is 18.8 Å². The number of rotatable bonds is 8. The summed E-state index contributed by atoms with van der Waals surface area (Å²) >= 11 is 20.3. The zero-order valence-corrected chi connectivity index (χ0v) is 36.4. The molecule has 328 valence electrons. The molecule has 7 N–H and O–H groups in total. The number of aromatic nitrogens is 15. The molecule has 9 aromatic heterocycles. The van der Waals surface area contributed by atoms with Crippen molar-refractivity contribution in [2.24, 2.45) is 10.9 Å². The Kier molecular flexibility index (Phi) is 16.2. The minimum Gasteiger partial charge on any atom is -0.409 e. The van der Waals surface area contributed by atoms with Gasteiger partial charge < -0.3 is 30.2 Å². The highest BCUT2D eigenvalue weighted by molar-refractivity contribution is 9.10. The first-order valence-electron chi connectivity index (χ1n) is 17.5. The summed E-state index contributed by atoms with van der Waals surface area (Å²) < 4.78 is 15.3. The first kappa shape index (κ1) is 46.6. The van der Waals surface area contributed by atoms with Gasteiger partial charge in [-0.05, 0) is 52.3 Å². The third-order valence-electron chi connectivity index (χ3n) is 7.16. The highest BCUT2D eigenvalue weighted by atomic mass is 79.9. The third kappa shape index (κ3) is 13.8. The van der Waals surface area contributed by atoms with Crippen LogP contribution in [0.15, 0.2) is 115 Å². The van der Waals surface area contributed by atoms with Crippen molar-refractivity contribution in [3.63, 3.8) is 0 Å². The largest absolute Gasteiger partial charge is 0.409 e. The number of nitrogen functional groups attached to an aromatic ring is 1. The van der Waals surface area contributed by atoms with Gasteiger partial charge in [-0.25, -0.2) is 29.9 Å². The molecule has 0 unspecified atom stereocenters. The number of oxime groups is 1. The van der Waals surface area contributed by atoms with Gasteiger partial charge in [0.05, 0.1) is 52.2 Å². The van der Waals surface area contributed by atoms with Crippen LogP contribution >= 0.6 is 50.7 Å². The van der Waals surface area contributed by atoms with Gasteiger partial charge in [-0.1, -0.05) is 55.4 Å². The molecule has 9 aromatic rings. The van der Waals surface area contributed by atoms with Crippen LogP contribution in [-0.4, -0.2) is 86.3 Å². The molecule has 0 fully saturated rings. The van der Waals surface area contributed by atoms with Gasteiger partial charge in [-0.15, -0.1) is 0 Å².